The second-order valence-electron chi connectivity index (χ2n) is 5.34. The molecule has 1 aliphatic rings. The Morgan fingerprint density at radius 1 is 1.35 bits per heavy atom. The first-order chi connectivity index (χ1) is 11.1. The Balaban J connectivity index is 1.58. The van der Waals surface area contributed by atoms with Crippen LogP contribution in [-0.2, 0) is 21.3 Å². The normalized spacial score (nSPS) is 15.5. The van der Waals surface area contributed by atoms with Gasteiger partial charge in [0.05, 0.1) is 23.7 Å². The fourth-order valence-electron chi connectivity index (χ4n) is 2.38. The first kappa shape index (κ1) is 15.6. The summed E-state index contributed by atoms with van der Waals surface area (Å²) in [4.78, 5) is 12.2. The summed E-state index contributed by atoms with van der Waals surface area (Å²) in [6.07, 6.45) is 0.713. The molecule has 0 saturated heterocycles. The highest BCUT2D eigenvalue weighted by Crippen LogP contribution is 2.14. The fourth-order valence-corrected chi connectivity index (χ4v) is 3.38. The number of hydrazone groups is 1. The molecule has 23 heavy (non-hydrogen) atoms. The van der Waals surface area contributed by atoms with Gasteiger partial charge in [-0.3, -0.25) is 9.00 Å². The Hall–Kier alpha value is -2.28. The van der Waals surface area contributed by atoms with Crippen LogP contribution in [-0.4, -0.2) is 38.3 Å². The van der Waals surface area contributed by atoms with Crippen LogP contribution in [0.15, 0.2) is 46.0 Å². The van der Waals surface area contributed by atoms with Crippen LogP contribution < -0.4 is 0 Å². The number of carbonyl (C=O) groups excluding carboxylic acids is 1. The maximum Gasteiger partial charge on any atom is 0.255 e. The standard InChI is InChI=1S/C16H17N3O3S/c1-12-9-14(18-22-12)10-23(21)11-16(20)19-8-7-15(17-19)13-5-3-2-4-6-13/h2-6,9H,7-8,10-11H2,1H3. The summed E-state index contributed by atoms with van der Waals surface area (Å²) >= 11 is 0. The SMILES string of the molecule is Cc1cc(CS(=O)CC(=O)N2CCC(c3ccccc3)=N2)no1. The fraction of sp³-hybridized carbons (Fsp3) is 0.312. The number of aryl methyl sites for hydroxylation is 1. The Morgan fingerprint density at radius 3 is 2.83 bits per heavy atom. The molecule has 6 nitrogen and oxygen atoms in total. The first-order valence-corrected chi connectivity index (χ1v) is 8.81. The van der Waals surface area contributed by atoms with Gasteiger partial charge >= 0.3 is 0 Å². The van der Waals surface area contributed by atoms with Gasteiger partial charge in [0.1, 0.15) is 11.5 Å². The van der Waals surface area contributed by atoms with E-state index < -0.39 is 10.8 Å². The molecule has 2 heterocycles. The van der Waals surface area contributed by atoms with Crippen LogP contribution in [0.25, 0.3) is 0 Å². The predicted molar refractivity (Wildman–Crippen MR) is 87.3 cm³/mol. The second kappa shape index (κ2) is 6.87. The first-order valence-electron chi connectivity index (χ1n) is 7.32. The topological polar surface area (TPSA) is 75.8 Å². The van der Waals surface area contributed by atoms with Crippen LogP contribution in [0.4, 0.5) is 0 Å². The van der Waals surface area contributed by atoms with Crippen LogP contribution in [0.3, 0.4) is 0 Å². The van der Waals surface area contributed by atoms with E-state index in [0.29, 0.717) is 24.4 Å². The van der Waals surface area contributed by atoms with Gasteiger partial charge in [0.15, 0.2) is 0 Å². The number of benzene rings is 1. The van der Waals surface area contributed by atoms with Gasteiger partial charge in [-0.15, -0.1) is 0 Å². The quantitative estimate of drug-likeness (QED) is 0.838. The third-order valence-electron chi connectivity index (χ3n) is 3.47. The molecule has 0 N–H and O–H groups in total. The molecular weight excluding hydrogens is 314 g/mol. The van der Waals surface area contributed by atoms with Crippen LogP contribution in [0.5, 0.6) is 0 Å². The summed E-state index contributed by atoms with van der Waals surface area (Å²) in [5, 5.41) is 9.56. The van der Waals surface area contributed by atoms with E-state index in [1.54, 1.807) is 13.0 Å². The molecule has 0 radical (unpaired) electrons. The van der Waals surface area contributed by atoms with Crippen LogP contribution in [0.1, 0.15) is 23.4 Å². The molecule has 1 unspecified atom stereocenters. The third kappa shape index (κ3) is 3.92. The van der Waals surface area contributed by atoms with E-state index in [9.17, 15) is 9.00 Å². The predicted octanol–water partition coefficient (Wildman–Crippen LogP) is 1.87. The third-order valence-corrected chi connectivity index (χ3v) is 4.65. The number of carbonyl (C=O) groups is 1. The lowest BCUT2D eigenvalue weighted by molar-refractivity contribution is -0.127. The number of hydrogen-bond acceptors (Lipinski definition) is 5. The van der Waals surface area contributed by atoms with Gasteiger partial charge in [-0.2, -0.15) is 5.10 Å². The van der Waals surface area contributed by atoms with E-state index in [2.05, 4.69) is 10.3 Å². The van der Waals surface area contributed by atoms with E-state index in [-0.39, 0.29) is 17.4 Å². The van der Waals surface area contributed by atoms with Crippen molar-refractivity contribution in [1.29, 1.82) is 0 Å². The molecule has 1 aromatic heterocycles. The molecule has 0 aliphatic carbocycles. The number of rotatable bonds is 5. The minimum Gasteiger partial charge on any atom is -0.361 e. The van der Waals surface area contributed by atoms with Crippen molar-refractivity contribution >= 4 is 22.4 Å². The van der Waals surface area contributed by atoms with E-state index in [4.69, 9.17) is 4.52 Å². The van der Waals surface area contributed by atoms with Crippen LogP contribution >= 0.6 is 0 Å². The van der Waals surface area contributed by atoms with Crippen molar-refractivity contribution in [2.75, 3.05) is 12.3 Å². The summed E-state index contributed by atoms with van der Waals surface area (Å²) in [6, 6.07) is 11.5. The van der Waals surface area contributed by atoms with Crippen LogP contribution in [0.2, 0.25) is 0 Å². The molecule has 2 aromatic rings. The average Bonchev–Trinajstić information content (AvgIpc) is 3.17. The average molecular weight is 331 g/mol. The van der Waals surface area contributed by atoms with Crippen molar-refractivity contribution in [1.82, 2.24) is 10.2 Å². The van der Waals surface area contributed by atoms with Crippen molar-refractivity contribution in [2.24, 2.45) is 5.10 Å². The maximum absolute atomic E-state index is 12.2. The molecule has 1 atom stereocenters. The largest absolute Gasteiger partial charge is 0.361 e. The Bertz CT molecular complexity index is 755. The van der Waals surface area contributed by atoms with Crippen molar-refractivity contribution in [3.8, 4) is 0 Å². The van der Waals surface area contributed by atoms with Gasteiger partial charge < -0.3 is 4.52 Å². The van der Waals surface area contributed by atoms with E-state index in [1.165, 1.54) is 5.01 Å². The zero-order valence-corrected chi connectivity index (χ0v) is 13.6. The number of hydrogen-bond donors (Lipinski definition) is 0. The molecular formula is C16H17N3O3S. The lowest BCUT2D eigenvalue weighted by atomic mass is 10.1. The maximum atomic E-state index is 12.2. The highest BCUT2D eigenvalue weighted by atomic mass is 32.2. The van der Waals surface area contributed by atoms with Gasteiger partial charge in [-0.1, -0.05) is 35.5 Å². The monoisotopic (exact) mass is 331 g/mol. The Morgan fingerprint density at radius 2 is 2.13 bits per heavy atom. The Labute approximate surface area is 136 Å². The van der Waals surface area contributed by atoms with Crippen molar-refractivity contribution in [3.63, 3.8) is 0 Å². The minimum absolute atomic E-state index is 0.0581. The van der Waals surface area contributed by atoms with Gasteiger partial charge in [0, 0.05) is 23.3 Å². The van der Waals surface area contributed by atoms with E-state index in [0.717, 1.165) is 11.3 Å². The molecule has 0 bridgehead atoms. The molecule has 3 rings (SSSR count). The summed E-state index contributed by atoms with van der Waals surface area (Å²) in [5.74, 6) is 0.596. The van der Waals surface area contributed by atoms with E-state index >= 15 is 0 Å². The number of nitrogens with zero attached hydrogens (tertiary/aromatic N) is 3. The Kier molecular flexibility index (Phi) is 4.66. The summed E-state index contributed by atoms with van der Waals surface area (Å²) in [6.45, 7) is 2.30. The van der Waals surface area contributed by atoms with Crippen molar-refractivity contribution in [2.45, 2.75) is 19.1 Å². The number of amides is 1. The smallest absolute Gasteiger partial charge is 0.255 e. The second-order valence-corrected chi connectivity index (χ2v) is 6.79. The minimum atomic E-state index is -1.32. The van der Waals surface area contributed by atoms with E-state index in [1.807, 2.05) is 30.3 Å². The zero-order chi connectivity index (χ0) is 16.2. The molecule has 7 heteroatoms. The molecule has 0 fully saturated rings. The van der Waals surface area contributed by atoms with Crippen molar-refractivity contribution < 1.29 is 13.5 Å². The van der Waals surface area contributed by atoms with Crippen LogP contribution in [0, 0.1) is 6.92 Å². The number of aromatic nitrogens is 1. The lowest BCUT2D eigenvalue weighted by Crippen LogP contribution is -2.28. The van der Waals surface area contributed by atoms with Gasteiger partial charge in [0.2, 0.25) is 0 Å². The molecule has 1 aliphatic heterocycles. The summed E-state index contributed by atoms with van der Waals surface area (Å²) in [5.41, 5.74) is 2.50. The molecule has 0 saturated carbocycles. The molecule has 1 amide bonds. The molecule has 0 spiro atoms. The van der Waals surface area contributed by atoms with Gasteiger partial charge in [-0.25, -0.2) is 5.01 Å². The highest BCUT2D eigenvalue weighted by Gasteiger charge is 2.23. The van der Waals surface area contributed by atoms with Crippen molar-refractivity contribution in [3.05, 3.63) is 53.4 Å². The summed E-state index contributed by atoms with van der Waals surface area (Å²) in [7, 11) is -1.32. The molecule has 120 valence electrons. The van der Waals surface area contributed by atoms with Gasteiger partial charge in [0.25, 0.3) is 5.91 Å². The molecule has 1 aromatic carbocycles. The zero-order valence-electron chi connectivity index (χ0n) is 12.8. The van der Waals surface area contributed by atoms with Gasteiger partial charge in [-0.05, 0) is 12.5 Å². The lowest BCUT2D eigenvalue weighted by Gasteiger charge is -2.10. The summed E-state index contributed by atoms with van der Waals surface area (Å²) < 4.78 is 17.0. The highest BCUT2D eigenvalue weighted by molar-refractivity contribution is 7.84.